The summed E-state index contributed by atoms with van der Waals surface area (Å²) in [5, 5.41) is 23.6. The first-order valence-corrected chi connectivity index (χ1v) is 9.91. The van der Waals surface area contributed by atoms with Crippen molar-refractivity contribution in [2.45, 2.75) is 32.2 Å². The molecule has 0 aliphatic heterocycles. The molecule has 0 amide bonds. The molecule has 2 atom stereocenters. The minimum Gasteiger partial charge on any atom is -0.389 e. The van der Waals surface area contributed by atoms with Crippen LogP contribution in [-0.4, -0.2) is 30.4 Å². The second-order valence-electron chi connectivity index (χ2n) is 7.54. The van der Waals surface area contributed by atoms with Crippen LogP contribution in [0.2, 0.25) is 0 Å². The van der Waals surface area contributed by atoms with Crippen molar-refractivity contribution in [3.8, 4) is 0 Å². The zero-order chi connectivity index (χ0) is 20.0. The Morgan fingerprint density at radius 1 is 0.724 bits per heavy atom. The lowest BCUT2D eigenvalue weighted by molar-refractivity contribution is 0.129. The highest BCUT2D eigenvalue weighted by Gasteiger charge is 2.19. The van der Waals surface area contributed by atoms with Gasteiger partial charge in [0.2, 0.25) is 0 Å². The van der Waals surface area contributed by atoms with Gasteiger partial charge in [0.15, 0.2) is 0 Å². The maximum absolute atomic E-state index is 11.0. The van der Waals surface area contributed by atoms with Gasteiger partial charge in [-0.25, -0.2) is 4.98 Å². The molecule has 2 N–H and O–H groups in total. The van der Waals surface area contributed by atoms with Crippen molar-refractivity contribution in [2.24, 2.45) is 0 Å². The predicted molar refractivity (Wildman–Crippen MR) is 116 cm³/mol. The lowest BCUT2D eigenvalue weighted by Crippen LogP contribution is -2.23. The van der Waals surface area contributed by atoms with Crippen LogP contribution in [0.1, 0.15) is 18.9 Å². The third-order valence-electron chi connectivity index (χ3n) is 5.52. The Kier molecular flexibility index (Phi) is 4.34. The fourth-order valence-corrected chi connectivity index (χ4v) is 4.28. The van der Waals surface area contributed by atoms with Gasteiger partial charge in [-0.2, -0.15) is 0 Å². The Bertz CT molecular complexity index is 1260. The molecule has 2 heterocycles. The van der Waals surface area contributed by atoms with Crippen LogP contribution in [0.3, 0.4) is 0 Å². The maximum Gasteiger partial charge on any atom is 0.138 e. The van der Waals surface area contributed by atoms with Crippen LogP contribution in [0, 0.1) is 0 Å². The van der Waals surface area contributed by atoms with Crippen molar-refractivity contribution in [1.29, 1.82) is 0 Å². The summed E-state index contributed by atoms with van der Waals surface area (Å²) in [6.07, 6.45) is -1.34. The van der Waals surface area contributed by atoms with Crippen LogP contribution in [0.15, 0.2) is 72.8 Å². The van der Waals surface area contributed by atoms with Gasteiger partial charge in [0.1, 0.15) is 11.9 Å². The lowest BCUT2D eigenvalue weighted by Gasteiger charge is -2.17. The third-order valence-corrected chi connectivity index (χ3v) is 5.52. The van der Waals surface area contributed by atoms with Gasteiger partial charge in [-0.1, -0.05) is 48.5 Å². The molecule has 0 saturated carbocycles. The summed E-state index contributed by atoms with van der Waals surface area (Å²) in [6.45, 7) is 2.53. The molecular weight excluding hydrogens is 362 g/mol. The number of aromatic nitrogens is 3. The average Bonchev–Trinajstić information content (AvgIpc) is 3.25. The minimum atomic E-state index is -0.706. The molecule has 0 aliphatic rings. The van der Waals surface area contributed by atoms with E-state index in [2.05, 4.69) is 33.8 Å². The predicted octanol–water partition coefficient (Wildman–Crippen LogP) is 4.26. The number of hydrogen-bond acceptors (Lipinski definition) is 3. The van der Waals surface area contributed by atoms with Crippen molar-refractivity contribution in [1.82, 2.24) is 14.1 Å². The molecule has 5 aromatic rings. The van der Waals surface area contributed by atoms with Gasteiger partial charge < -0.3 is 19.3 Å². The third kappa shape index (κ3) is 2.99. The molecule has 0 saturated heterocycles. The van der Waals surface area contributed by atoms with Gasteiger partial charge in [0.25, 0.3) is 0 Å². The van der Waals surface area contributed by atoms with Gasteiger partial charge in [-0.05, 0) is 31.2 Å². The van der Waals surface area contributed by atoms with Crippen LogP contribution in [-0.2, 0) is 13.1 Å². The van der Waals surface area contributed by atoms with Crippen molar-refractivity contribution in [3.63, 3.8) is 0 Å². The summed E-state index contributed by atoms with van der Waals surface area (Å²) in [6, 6.07) is 24.4. The molecule has 146 valence electrons. The van der Waals surface area contributed by atoms with E-state index < -0.39 is 12.2 Å². The second-order valence-corrected chi connectivity index (χ2v) is 7.54. The molecule has 0 fully saturated rings. The first kappa shape index (κ1) is 17.9. The topological polar surface area (TPSA) is 63.2 Å². The van der Waals surface area contributed by atoms with Gasteiger partial charge >= 0.3 is 0 Å². The largest absolute Gasteiger partial charge is 0.389 e. The number of imidazole rings is 1. The Hall–Kier alpha value is -3.15. The second kappa shape index (κ2) is 7.03. The standard InChI is InChI=1S/C24H23N3O2/c1-16(28)24-25-20-10-4-7-13-23(20)27(24)15-17(29)14-26-21-11-5-2-8-18(21)19-9-3-6-12-22(19)26/h2-13,16-17,28-29H,14-15H2,1H3/t16-,17+/m1/s1. The zero-order valence-corrected chi connectivity index (χ0v) is 16.2. The van der Waals surface area contributed by atoms with E-state index in [-0.39, 0.29) is 0 Å². The first-order chi connectivity index (χ1) is 14.1. The number of nitrogens with zero attached hydrogens (tertiary/aromatic N) is 3. The summed E-state index contributed by atoms with van der Waals surface area (Å²) in [4.78, 5) is 4.56. The first-order valence-electron chi connectivity index (χ1n) is 9.91. The molecule has 5 heteroatoms. The SMILES string of the molecule is C[C@@H](O)c1nc2ccccc2n1C[C@@H](O)Cn1c2ccccc2c2ccccc21. The van der Waals surface area contributed by atoms with Crippen LogP contribution < -0.4 is 0 Å². The molecule has 0 bridgehead atoms. The van der Waals surface area contributed by atoms with E-state index in [1.165, 1.54) is 10.8 Å². The smallest absolute Gasteiger partial charge is 0.138 e. The van der Waals surface area contributed by atoms with E-state index in [1.54, 1.807) is 6.92 Å². The molecular formula is C24H23N3O2. The Labute approximate surface area is 168 Å². The number of para-hydroxylation sites is 4. The number of aliphatic hydroxyl groups excluding tert-OH is 2. The van der Waals surface area contributed by atoms with Crippen molar-refractivity contribution in [2.75, 3.05) is 0 Å². The van der Waals surface area contributed by atoms with Gasteiger partial charge in [-0.15, -0.1) is 0 Å². The number of hydrogen-bond donors (Lipinski definition) is 2. The van der Waals surface area contributed by atoms with E-state index in [9.17, 15) is 10.2 Å². The normalized spacial score (nSPS) is 14.0. The molecule has 5 nitrogen and oxygen atoms in total. The summed E-state index contributed by atoms with van der Waals surface area (Å²) in [5.74, 6) is 0.576. The average molecular weight is 385 g/mol. The number of benzene rings is 3. The molecule has 2 aromatic heterocycles. The highest BCUT2D eigenvalue weighted by Crippen LogP contribution is 2.29. The number of aliphatic hydroxyl groups is 2. The molecule has 0 radical (unpaired) electrons. The van der Waals surface area contributed by atoms with Crippen LogP contribution >= 0.6 is 0 Å². The maximum atomic E-state index is 11.0. The fourth-order valence-electron chi connectivity index (χ4n) is 4.28. The zero-order valence-electron chi connectivity index (χ0n) is 16.2. The van der Waals surface area contributed by atoms with Crippen molar-refractivity contribution < 1.29 is 10.2 Å². The monoisotopic (exact) mass is 385 g/mol. The van der Waals surface area contributed by atoms with Gasteiger partial charge in [0.05, 0.1) is 30.2 Å². The summed E-state index contributed by atoms with van der Waals surface area (Å²) >= 11 is 0. The summed E-state index contributed by atoms with van der Waals surface area (Å²) in [7, 11) is 0. The lowest BCUT2D eigenvalue weighted by atomic mass is 10.2. The minimum absolute atomic E-state index is 0.363. The molecule has 0 spiro atoms. The Morgan fingerprint density at radius 3 is 1.86 bits per heavy atom. The highest BCUT2D eigenvalue weighted by molar-refractivity contribution is 6.07. The summed E-state index contributed by atoms with van der Waals surface area (Å²) < 4.78 is 4.11. The Balaban J connectivity index is 1.54. The van der Waals surface area contributed by atoms with E-state index >= 15 is 0 Å². The quantitative estimate of drug-likeness (QED) is 0.475. The van der Waals surface area contributed by atoms with Gasteiger partial charge in [-0.3, -0.25) is 0 Å². The number of rotatable bonds is 5. The molecule has 0 aliphatic carbocycles. The number of fused-ring (bicyclic) bond motifs is 4. The molecule has 3 aromatic carbocycles. The Morgan fingerprint density at radius 2 is 1.24 bits per heavy atom. The fraction of sp³-hybridized carbons (Fsp3) is 0.208. The summed E-state index contributed by atoms with van der Waals surface area (Å²) in [5.41, 5.74) is 3.97. The van der Waals surface area contributed by atoms with Crippen LogP contribution in [0.25, 0.3) is 32.8 Å². The van der Waals surface area contributed by atoms with E-state index in [4.69, 9.17) is 0 Å². The van der Waals surface area contributed by atoms with E-state index in [0.717, 1.165) is 22.1 Å². The van der Waals surface area contributed by atoms with Crippen molar-refractivity contribution >= 4 is 32.8 Å². The molecule has 0 unspecified atom stereocenters. The van der Waals surface area contributed by atoms with Crippen molar-refractivity contribution in [3.05, 3.63) is 78.6 Å². The molecule has 5 rings (SSSR count). The van der Waals surface area contributed by atoms with E-state index in [0.29, 0.717) is 18.9 Å². The van der Waals surface area contributed by atoms with Crippen LogP contribution in [0.4, 0.5) is 0 Å². The van der Waals surface area contributed by atoms with E-state index in [1.807, 2.05) is 53.1 Å². The highest BCUT2D eigenvalue weighted by atomic mass is 16.3. The molecule has 29 heavy (non-hydrogen) atoms. The van der Waals surface area contributed by atoms with Crippen LogP contribution in [0.5, 0.6) is 0 Å². The van der Waals surface area contributed by atoms with Gasteiger partial charge in [0, 0.05) is 21.8 Å².